The van der Waals surface area contributed by atoms with Crippen LogP contribution in [0.4, 0.5) is 0 Å². The number of aromatic nitrogens is 2. The smallest absolute Gasteiger partial charge is 0.271 e. The lowest BCUT2D eigenvalue weighted by Gasteiger charge is -2.54. The van der Waals surface area contributed by atoms with Gasteiger partial charge in [-0.25, -0.2) is 0 Å². The number of para-hydroxylation sites is 2. The molecule has 396 valence electrons. The van der Waals surface area contributed by atoms with Crippen LogP contribution in [0, 0.1) is 0 Å². The Labute approximate surface area is 431 Å². The maximum absolute atomic E-state index is 12.1. The van der Waals surface area contributed by atoms with Crippen molar-refractivity contribution >= 4 is 42.0 Å². The quantitative estimate of drug-likeness (QED) is 0.129. The molecule has 0 atom stereocenters. The summed E-state index contributed by atoms with van der Waals surface area (Å²) in [4.78, 5) is 0. The average molecular weight is 1060 g/mol. The summed E-state index contributed by atoms with van der Waals surface area (Å²) in [5.74, 6) is 0.173. The van der Waals surface area contributed by atoms with Crippen molar-refractivity contribution in [2.24, 2.45) is 0 Å². The minimum atomic E-state index is -4.27. The van der Waals surface area contributed by atoms with Gasteiger partial charge in [0.15, 0.2) is 48.5 Å². The topological polar surface area (TPSA) is 209 Å². The van der Waals surface area contributed by atoms with Gasteiger partial charge in [0.2, 0.25) is 11.0 Å². The van der Waals surface area contributed by atoms with E-state index < -0.39 is 31.7 Å². The summed E-state index contributed by atoms with van der Waals surface area (Å²) in [7, 11) is -8.54. The number of nitrogens with zero attached hydrogens (tertiary/aromatic N) is 2. The Morgan fingerprint density at radius 1 is 0.392 bits per heavy atom. The van der Waals surface area contributed by atoms with Crippen molar-refractivity contribution in [3.8, 4) is 23.0 Å². The summed E-state index contributed by atoms with van der Waals surface area (Å²) in [6, 6.07) is 31.9. The second kappa shape index (κ2) is 25.3. The Hall–Kier alpha value is -5.52. The molecule has 0 saturated heterocycles. The maximum atomic E-state index is 12.1. The van der Waals surface area contributed by atoms with Gasteiger partial charge in [-0.15, -0.1) is 0 Å². The number of fused-ring (bicyclic) bond motifs is 4. The van der Waals surface area contributed by atoms with Gasteiger partial charge in [0.25, 0.3) is 20.2 Å². The van der Waals surface area contributed by atoms with E-state index in [1.54, 1.807) is 0 Å². The minimum Gasteiger partial charge on any atom is -0.487 e. The standard InChI is InChI=1S/C54H62N2O16S2/c57-73(58,59)35-17-55-15-13-43(41-5-1-3-7-45(41)55)53-51(39-9-11-47-49(37-39)71-33-29-67-25-21-63-19-23-65-27-31-69-47)54(44-14-16-56(18-36-74(60,61)62)46-8-4-2-6-42(44)46)52(53)40-10-12-48-50(38-40)72-34-30-68-26-22-64-20-24-66-28-32-70-48/h1-16,37-38,51-54H,17-36H2/p+2. The van der Waals surface area contributed by atoms with Crippen LogP contribution in [-0.2, 0) is 61.7 Å². The molecule has 9 rings (SSSR count). The summed E-state index contributed by atoms with van der Waals surface area (Å²) in [6.07, 6.45) is 3.76. The molecule has 0 radical (unpaired) electrons. The third-order valence-electron chi connectivity index (χ3n) is 13.5. The van der Waals surface area contributed by atoms with Gasteiger partial charge in [0.1, 0.15) is 37.9 Å². The molecule has 1 aliphatic carbocycles. The fourth-order valence-corrected chi connectivity index (χ4v) is 11.1. The first-order valence-corrected chi connectivity index (χ1v) is 28.2. The zero-order valence-corrected chi connectivity index (χ0v) is 42.8. The van der Waals surface area contributed by atoms with Gasteiger partial charge in [-0.1, -0.05) is 36.4 Å². The predicted molar refractivity (Wildman–Crippen MR) is 272 cm³/mol. The Balaban J connectivity index is 1.23. The summed E-state index contributed by atoms with van der Waals surface area (Å²) < 4.78 is 132. The number of pyridine rings is 2. The minimum absolute atomic E-state index is 0.0290. The maximum Gasteiger partial charge on any atom is 0.271 e. The van der Waals surface area contributed by atoms with Crippen LogP contribution in [0.3, 0.4) is 0 Å². The molecule has 2 N–H and O–H groups in total. The fraction of sp³-hybridized carbons (Fsp3) is 0.444. The molecule has 0 bridgehead atoms. The third kappa shape index (κ3) is 13.7. The molecular weight excluding hydrogens is 997 g/mol. The SMILES string of the molecule is O=S(=O)(O)CC[n+]1ccc(C2C(c3ccc4c(c3)OCCOCCOCCOCCO4)C(c3cc[n+](CCS(=O)(=O)O)c4ccccc34)C2c2ccc3c(c2)OCCOCCOCCOCCO3)c2ccccc21. The van der Waals surface area contributed by atoms with E-state index in [1.807, 2.05) is 106 Å². The molecular formula is C54H64N2O16S2+2. The van der Waals surface area contributed by atoms with Gasteiger partial charge < -0.3 is 47.4 Å². The van der Waals surface area contributed by atoms with Crippen molar-refractivity contribution in [3.05, 3.63) is 132 Å². The van der Waals surface area contributed by atoms with Crippen molar-refractivity contribution in [3.63, 3.8) is 0 Å². The van der Waals surface area contributed by atoms with Crippen LogP contribution in [0.2, 0.25) is 0 Å². The molecule has 0 amide bonds. The van der Waals surface area contributed by atoms with Crippen LogP contribution in [0.1, 0.15) is 45.9 Å². The number of rotatable bonds is 10. The molecule has 4 aromatic carbocycles. The highest BCUT2D eigenvalue weighted by atomic mass is 32.2. The van der Waals surface area contributed by atoms with E-state index in [0.717, 1.165) is 44.1 Å². The van der Waals surface area contributed by atoms with Crippen LogP contribution < -0.4 is 28.1 Å². The molecule has 0 spiro atoms. The Morgan fingerprint density at radius 2 is 0.716 bits per heavy atom. The number of aryl methyl sites for hydroxylation is 2. The molecule has 0 unspecified atom stereocenters. The van der Waals surface area contributed by atoms with Crippen LogP contribution in [0.25, 0.3) is 21.8 Å². The van der Waals surface area contributed by atoms with E-state index in [2.05, 4.69) is 12.1 Å². The van der Waals surface area contributed by atoms with Crippen molar-refractivity contribution < 1.29 is 82.4 Å². The third-order valence-corrected chi connectivity index (χ3v) is 14.9. The molecule has 2 aromatic heterocycles. The number of hydrogen-bond acceptors (Lipinski definition) is 14. The monoisotopic (exact) mass is 1060 g/mol. The van der Waals surface area contributed by atoms with Crippen LogP contribution in [0.5, 0.6) is 23.0 Å². The van der Waals surface area contributed by atoms with E-state index in [9.17, 15) is 25.9 Å². The van der Waals surface area contributed by atoms with Crippen molar-refractivity contribution in [2.45, 2.75) is 36.8 Å². The summed E-state index contributed by atoms with van der Waals surface area (Å²) in [5.41, 5.74) is 5.48. The first kappa shape index (κ1) is 53.3. The fourth-order valence-electron chi connectivity index (χ4n) is 10.2. The van der Waals surface area contributed by atoms with Crippen LogP contribution in [0.15, 0.2) is 109 Å². The van der Waals surface area contributed by atoms with Crippen LogP contribution >= 0.6 is 0 Å². The molecule has 4 heterocycles. The molecule has 2 aliphatic heterocycles. The lowest BCUT2D eigenvalue weighted by molar-refractivity contribution is -0.667. The molecule has 3 aliphatic rings. The van der Waals surface area contributed by atoms with E-state index >= 15 is 0 Å². The lowest BCUT2D eigenvalue weighted by Crippen LogP contribution is -2.43. The zero-order valence-electron chi connectivity index (χ0n) is 41.2. The second-order valence-electron chi connectivity index (χ2n) is 18.1. The summed E-state index contributed by atoms with van der Waals surface area (Å²) >= 11 is 0. The second-order valence-corrected chi connectivity index (χ2v) is 21.3. The highest BCUT2D eigenvalue weighted by molar-refractivity contribution is 7.86. The molecule has 74 heavy (non-hydrogen) atoms. The molecule has 18 nitrogen and oxygen atoms in total. The molecule has 1 fully saturated rings. The molecule has 6 aromatic rings. The Bertz CT molecular complexity index is 2860. The average Bonchev–Trinajstić information content (AvgIpc) is 3.40. The highest BCUT2D eigenvalue weighted by Crippen LogP contribution is 2.68. The normalized spacial score (nSPS) is 21.3. The first-order valence-electron chi connectivity index (χ1n) is 25.0. The summed E-state index contributed by atoms with van der Waals surface area (Å²) in [5, 5.41) is 1.80. The van der Waals surface area contributed by atoms with E-state index in [4.69, 9.17) is 47.4 Å². The Morgan fingerprint density at radius 3 is 1.07 bits per heavy atom. The number of benzene rings is 4. The van der Waals surface area contributed by atoms with E-state index in [-0.39, 0.29) is 63.2 Å². The van der Waals surface area contributed by atoms with Gasteiger partial charge in [-0.3, -0.25) is 9.11 Å². The first-order chi connectivity index (χ1) is 36.0. The molecule has 20 heteroatoms. The highest BCUT2D eigenvalue weighted by Gasteiger charge is 2.54. The van der Waals surface area contributed by atoms with E-state index in [1.165, 1.54) is 0 Å². The van der Waals surface area contributed by atoms with E-state index in [0.29, 0.717) is 102 Å². The number of hydrogen-bond donors (Lipinski definition) is 2. The zero-order chi connectivity index (χ0) is 51.3. The largest absolute Gasteiger partial charge is 0.487 e. The van der Waals surface area contributed by atoms with Crippen LogP contribution in [-0.4, -0.2) is 143 Å². The Kier molecular flexibility index (Phi) is 18.3. The van der Waals surface area contributed by atoms with Gasteiger partial charge in [-0.05, 0) is 82.3 Å². The predicted octanol–water partition coefficient (Wildman–Crippen LogP) is 5.43. The van der Waals surface area contributed by atoms with Gasteiger partial charge in [0, 0.05) is 35.0 Å². The van der Waals surface area contributed by atoms with Gasteiger partial charge in [0.05, 0.1) is 79.3 Å². The van der Waals surface area contributed by atoms with Gasteiger partial charge >= 0.3 is 0 Å². The van der Waals surface area contributed by atoms with Crippen molar-refractivity contribution in [1.29, 1.82) is 0 Å². The lowest BCUT2D eigenvalue weighted by atomic mass is 9.48. The number of ether oxygens (including phenoxy) is 10. The molecule has 1 saturated carbocycles. The summed E-state index contributed by atoms with van der Waals surface area (Å²) in [6.45, 7) is 5.83. The van der Waals surface area contributed by atoms with Gasteiger partial charge in [-0.2, -0.15) is 26.0 Å². The van der Waals surface area contributed by atoms with Crippen molar-refractivity contribution in [2.75, 3.05) is 117 Å². The van der Waals surface area contributed by atoms with Crippen molar-refractivity contribution in [1.82, 2.24) is 0 Å².